The van der Waals surface area contributed by atoms with Gasteiger partial charge in [-0.1, -0.05) is 18.2 Å². The Morgan fingerprint density at radius 3 is 2.67 bits per heavy atom. The maximum atomic E-state index is 13.3. The summed E-state index contributed by atoms with van der Waals surface area (Å²) in [7, 11) is 1.77. The zero-order valence-electron chi connectivity index (χ0n) is 15.8. The van der Waals surface area contributed by atoms with Crippen LogP contribution in [0.15, 0.2) is 55.0 Å². The van der Waals surface area contributed by atoms with Gasteiger partial charge in [0.15, 0.2) is 0 Å². The first-order chi connectivity index (χ1) is 14.2. The van der Waals surface area contributed by atoms with Crippen LogP contribution >= 0.6 is 0 Å². The van der Waals surface area contributed by atoms with Gasteiger partial charge in [-0.15, -0.1) is 0 Å². The number of benzene rings is 1. The van der Waals surface area contributed by atoms with E-state index in [0.717, 1.165) is 17.1 Å². The van der Waals surface area contributed by atoms with Crippen LogP contribution in [0.25, 0.3) is 22.0 Å². The summed E-state index contributed by atoms with van der Waals surface area (Å²) in [6.45, 7) is 0. The second-order valence-electron chi connectivity index (χ2n) is 6.86. The van der Waals surface area contributed by atoms with Crippen LogP contribution in [0.3, 0.4) is 0 Å². The zero-order valence-corrected chi connectivity index (χ0v) is 15.8. The van der Waals surface area contributed by atoms with Gasteiger partial charge in [-0.2, -0.15) is 18.3 Å². The Bertz CT molecular complexity index is 1260. The van der Waals surface area contributed by atoms with Gasteiger partial charge in [-0.25, -0.2) is 4.98 Å². The van der Waals surface area contributed by atoms with E-state index in [1.165, 1.54) is 12.1 Å². The number of nitrogens with zero attached hydrogens (tertiary/aromatic N) is 4. The monoisotopic (exact) mass is 411 g/mol. The number of rotatable bonds is 4. The summed E-state index contributed by atoms with van der Waals surface area (Å²) < 4.78 is 41.4. The summed E-state index contributed by atoms with van der Waals surface area (Å²) in [5.41, 5.74) is 7.18. The molecular weight excluding hydrogens is 395 g/mol. The molecule has 0 saturated heterocycles. The Hall–Kier alpha value is -3.75. The normalized spacial score (nSPS) is 11.7. The number of alkyl halides is 3. The Balaban J connectivity index is 1.83. The van der Waals surface area contributed by atoms with E-state index in [1.54, 1.807) is 48.4 Å². The third kappa shape index (κ3) is 3.73. The molecule has 4 aromatic rings. The fourth-order valence-electron chi connectivity index (χ4n) is 3.37. The summed E-state index contributed by atoms with van der Waals surface area (Å²) in [6, 6.07) is 9.62. The minimum Gasteiger partial charge on any atom is -0.364 e. The number of hydrogen-bond donors (Lipinski definition) is 1. The predicted octanol–water partition coefficient (Wildman–Crippen LogP) is 3.74. The van der Waals surface area contributed by atoms with Crippen molar-refractivity contribution >= 4 is 16.8 Å². The summed E-state index contributed by atoms with van der Waals surface area (Å²) in [6.07, 6.45) is 0.0344. The molecular formula is C21H16F3N5O. The number of carbonyl (C=O) groups is 1. The van der Waals surface area contributed by atoms with Crippen molar-refractivity contribution in [2.45, 2.75) is 12.6 Å². The number of aromatic nitrogens is 4. The molecule has 3 heterocycles. The molecule has 0 aliphatic carbocycles. The van der Waals surface area contributed by atoms with Crippen molar-refractivity contribution in [1.29, 1.82) is 0 Å². The molecule has 0 radical (unpaired) electrons. The summed E-state index contributed by atoms with van der Waals surface area (Å²) in [5.74, 6) is -0.695. The second-order valence-corrected chi connectivity index (χ2v) is 6.86. The number of halogens is 3. The lowest BCUT2D eigenvalue weighted by Crippen LogP contribution is -2.13. The number of carbonyl (C=O) groups excluding carboxylic acids is 1. The van der Waals surface area contributed by atoms with Crippen LogP contribution in [0.5, 0.6) is 0 Å². The minimum absolute atomic E-state index is 0.0172. The average molecular weight is 411 g/mol. The molecule has 152 valence electrons. The molecule has 1 amide bonds. The lowest BCUT2D eigenvalue weighted by molar-refractivity contribution is -0.141. The maximum absolute atomic E-state index is 13.3. The lowest BCUT2D eigenvalue weighted by Gasteiger charge is -2.12. The van der Waals surface area contributed by atoms with Crippen molar-refractivity contribution < 1.29 is 18.0 Å². The highest BCUT2D eigenvalue weighted by Gasteiger charge is 2.34. The van der Waals surface area contributed by atoms with Crippen LogP contribution < -0.4 is 5.73 Å². The van der Waals surface area contributed by atoms with E-state index in [1.807, 2.05) is 0 Å². The Morgan fingerprint density at radius 2 is 2.00 bits per heavy atom. The largest absolute Gasteiger partial charge is 0.433 e. The van der Waals surface area contributed by atoms with Gasteiger partial charge in [0.1, 0.15) is 11.4 Å². The molecule has 30 heavy (non-hydrogen) atoms. The molecule has 3 aromatic heterocycles. The zero-order chi connectivity index (χ0) is 21.5. The van der Waals surface area contributed by atoms with Crippen LogP contribution in [-0.4, -0.2) is 25.7 Å². The number of pyridine rings is 2. The van der Waals surface area contributed by atoms with Crippen LogP contribution in [-0.2, 0) is 19.6 Å². The fraction of sp³-hybridized carbons (Fsp3) is 0.143. The van der Waals surface area contributed by atoms with Gasteiger partial charge in [0, 0.05) is 30.4 Å². The molecule has 9 heteroatoms. The lowest BCUT2D eigenvalue weighted by atomic mass is 9.98. The minimum atomic E-state index is -4.54. The topological polar surface area (TPSA) is 86.7 Å². The number of fused-ring (bicyclic) bond motifs is 1. The number of hydrogen-bond acceptors (Lipinski definition) is 4. The molecule has 0 unspecified atom stereocenters. The van der Waals surface area contributed by atoms with Gasteiger partial charge in [-0.3, -0.25) is 14.5 Å². The average Bonchev–Trinajstić information content (AvgIpc) is 3.12. The van der Waals surface area contributed by atoms with E-state index in [9.17, 15) is 18.0 Å². The van der Waals surface area contributed by atoms with E-state index in [-0.39, 0.29) is 17.7 Å². The van der Waals surface area contributed by atoms with Crippen LogP contribution in [0.1, 0.15) is 27.3 Å². The van der Waals surface area contributed by atoms with Crippen LogP contribution in [0.2, 0.25) is 0 Å². The summed E-state index contributed by atoms with van der Waals surface area (Å²) in [4.78, 5) is 19.6. The SMILES string of the molecule is Cn1cc(-c2cc(C(N)=O)nc3cc(Cc4cccnc4C(F)(F)F)ccc23)cn1. The Morgan fingerprint density at radius 1 is 1.20 bits per heavy atom. The van der Waals surface area contributed by atoms with E-state index in [4.69, 9.17) is 5.73 Å². The van der Waals surface area contributed by atoms with Crippen molar-refractivity contribution in [3.63, 3.8) is 0 Å². The number of amides is 1. The second kappa shape index (κ2) is 7.25. The van der Waals surface area contributed by atoms with Crippen molar-refractivity contribution in [1.82, 2.24) is 19.7 Å². The van der Waals surface area contributed by atoms with E-state index in [0.29, 0.717) is 16.6 Å². The van der Waals surface area contributed by atoms with E-state index < -0.39 is 17.8 Å². The van der Waals surface area contributed by atoms with Crippen molar-refractivity contribution in [3.05, 3.63) is 77.5 Å². The van der Waals surface area contributed by atoms with Gasteiger partial charge in [0.25, 0.3) is 5.91 Å². The molecule has 0 spiro atoms. The van der Waals surface area contributed by atoms with Gasteiger partial charge < -0.3 is 5.73 Å². The van der Waals surface area contributed by atoms with Crippen molar-refractivity contribution in [2.24, 2.45) is 12.8 Å². The quantitative estimate of drug-likeness (QED) is 0.554. The first-order valence-corrected chi connectivity index (χ1v) is 8.96. The molecule has 0 aliphatic heterocycles. The molecule has 2 N–H and O–H groups in total. The van der Waals surface area contributed by atoms with Gasteiger partial charge in [0.05, 0.1) is 11.7 Å². The first-order valence-electron chi connectivity index (χ1n) is 8.96. The smallest absolute Gasteiger partial charge is 0.364 e. The number of primary amides is 1. The van der Waals surface area contributed by atoms with E-state index >= 15 is 0 Å². The Kier molecular flexibility index (Phi) is 4.73. The molecule has 0 saturated carbocycles. The van der Waals surface area contributed by atoms with Crippen molar-refractivity contribution in [3.8, 4) is 11.1 Å². The first kappa shape index (κ1) is 19.6. The standard InChI is InChI=1S/C21H16F3N5O/c1-29-11-14(10-27-29)16-9-18(20(25)30)28-17-8-12(4-5-15(16)17)7-13-3-2-6-26-19(13)21(22,23)24/h2-6,8-11H,7H2,1H3,(H2,25,30). The van der Waals surface area contributed by atoms with Gasteiger partial charge in [-0.05, 0) is 41.3 Å². The fourth-order valence-corrected chi connectivity index (χ4v) is 3.37. The Labute approximate surface area is 169 Å². The third-order valence-corrected chi connectivity index (χ3v) is 4.70. The van der Waals surface area contributed by atoms with E-state index in [2.05, 4.69) is 15.1 Å². The molecule has 0 bridgehead atoms. The highest BCUT2D eigenvalue weighted by molar-refractivity contribution is 6.00. The summed E-state index contributed by atoms with van der Waals surface area (Å²) >= 11 is 0. The number of nitrogens with two attached hydrogens (primary N) is 1. The predicted molar refractivity (Wildman–Crippen MR) is 105 cm³/mol. The molecule has 0 fully saturated rings. The van der Waals surface area contributed by atoms with Crippen LogP contribution in [0.4, 0.5) is 13.2 Å². The summed E-state index contributed by atoms with van der Waals surface area (Å²) in [5, 5.41) is 4.88. The highest BCUT2D eigenvalue weighted by atomic mass is 19.4. The molecule has 6 nitrogen and oxygen atoms in total. The van der Waals surface area contributed by atoms with Crippen LogP contribution in [0, 0.1) is 0 Å². The maximum Gasteiger partial charge on any atom is 0.433 e. The molecule has 0 aliphatic rings. The molecule has 0 atom stereocenters. The third-order valence-electron chi connectivity index (χ3n) is 4.70. The molecule has 1 aromatic carbocycles. The molecule has 4 rings (SSSR count). The number of aryl methyl sites for hydroxylation is 1. The van der Waals surface area contributed by atoms with Gasteiger partial charge >= 0.3 is 6.18 Å². The highest BCUT2D eigenvalue weighted by Crippen LogP contribution is 2.33. The van der Waals surface area contributed by atoms with Gasteiger partial charge in [0.2, 0.25) is 0 Å². The van der Waals surface area contributed by atoms with Crippen molar-refractivity contribution in [2.75, 3.05) is 0 Å².